The molecule has 0 radical (unpaired) electrons. The van der Waals surface area contributed by atoms with E-state index >= 15 is 0 Å². The number of rotatable bonds is 9. The number of nitrogens with two attached hydrogens (primary N) is 1. The molecular weight excluding hydrogens is 328 g/mol. The Morgan fingerprint density at radius 2 is 1.92 bits per heavy atom. The second-order valence-electron chi connectivity index (χ2n) is 5.26. The Kier molecular flexibility index (Phi) is 6.53. The van der Waals surface area contributed by atoms with Gasteiger partial charge < -0.3 is 24.9 Å². The number of methoxy groups -OCH3 is 1. The highest BCUT2D eigenvalue weighted by molar-refractivity contribution is 6.10. The van der Waals surface area contributed by atoms with Crippen LogP contribution < -0.4 is 11.1 Å². The van der Waals surface area contributed by atoms with Crippen LogP contribution in [0.25, 0.3) is 11.0 Å². The van der Waals surface area contributed by atoms with Crippen molar-refractivity contribution in [2.45, 2.75) is 19.3 Å². The summed E-state index contributed by atoms with van der Waals surface area (Å²) in [5, 5.41) is 3.25. The predicted octanol–water partition coefficient (Wildman–Crippen LogP) is 1.83. The van der Waals surface area contributed by atoms with Crippen molar-refractivity contribution in [3.8, 4) is 0 Å². The molecule has 0 spiro atoms. The molecule has 25 heavy (non-hydrogen) atoms. The number of carbonyl (C=O) groups excluding carboxylic acids is 3. The first-order chi connectivity index (χ1) is 12.0. The second kappa shape index (κ2) is 8.84. The van der Waals surface area contributed by atoms with Gasteiger partial charge in [0.05, 0.1) is 20.1 Å². The summed E-state index contributed by atoms with van der Waals surface area (Å²) < 4.78 is 15.2. The van der Waals surface area contributed by atoms with Crippen LogP contribution in [0, 0.1) is 0 Å². The number of hydrogen-bond donors (Lipinski definition) is 2. The number of amides is 2. The summed E-state index contributed by atoms with van der Waals surface area (Å²) >= 11 is 0. The van der Waals surface area contributed by atoms with Crippen molar-refractivity contribution in [2.24, 2.45) is 5.73 Å². The van der Waals surface area contributed by atoms with E-state index in [1.165, 1.54) is 7.11 Å². The summed E-state index contributed by atoms with van der Waals surface area (Å²) in [5.74, 6) is -1.48. The number of carbonyl (C=O) groups is 3. The monoisotopic (exact) mass is 348 g/mol. The van der Waals surface area contributed by atoms with E-state index in [-0.39, 0.29) is 42.8 Å². The van der Waals surface area contributed by atoms with Crippen molar-refractivity contribution in [1.29, 1.82) is 0 Å². The topological polar surface area (TPSA) is 121 Å². The molecular formula is C17H20N2O6. The molecule has 0 unspecified atom stereocenters. The number of nitrogens with one attached hydrogen (secondary N) is 1. The predicted molar refractivity (Wildman–Crippen MR) is 90.0 cm³/mol. The van der Waals surface area contributed by atoms with Gasteiger partial charge in [0.1, 0.15) is 11.3 Å². The molecule has 8 nitrogen and oxygen atoms in total. The van der Waals surface area contributed by atoms with Gasteiger partial charge in [0.2, 0.25) is 11.7 Å². The number of hydrogen-bond acceptors (Lipinski definition) is 6. The van der Waals surface area contributed by atoms with Gasteiger partial charge in [-0.3, -0.25) is 14.4 Å². The largest absolute Gasteiger partial charge is 0.469 e. The van der Waals surface area contributed by atoms with Crippen LogP contribution >= 0.6 is 0 Å². The minimum absolute atomic E-state index is 0.0893. The lowest BCUT2D eigenvalue weighted by Crippen LogP contribution is -2.18. The van der Waals surface area contributed by atoms with Gasteiger partial charge in [0.15, 0.2) is 0 Å². The molecule has 134 valence electrons. The molecule has 2 amide bonds. The van der Waals surface area contributed by atoms with Crippen molar-refractivity contribution >= 4 is 34.4 Å². The van der Waals surface area contributed by atoms with Gasteiger partial charge in [0, 0.05) is 18.4 Å². The van der Waals surface area contributed by atoms with Crippen LogP contribution in [0.4, 0.5) is 5.69 Å². The third-order valence-corrected chi connectivity index (χ3v) is 3.45. The van der Waals surface area contributed by atoms with Gasteiger partial charge in [-0.05, 0) is 18.6 Å². The molecule has 2 aromatic rings. The summed E-state index contributed by atoms with van der Waals surface area (Å²) in [4.78, 5) is 34.5. The highest BCUT2D eigenvalue weighted by atomic mass is 16.5. The Balaban J connectivity index is 1.86. The van der Waals surface area contributed by atoms with Gasteiger partial charge in [-0.1, -0.05) is 12.1 Å². The van der Waals surface area contributed by atoms with Gasteiger partial charge in [-0.25, -0.2) is 0 Å². The first-order valence-electron chi connectivity index (χ1n) is 7.78. The molecule has 0 atom stereocenters. The third kappa shape index (κ3) is 5.05. The fourth-order valence-electron chi connectivity index (χ4n) is 2.23. The first-order valence-corrected chi connectivity index (χ1v) is 7.78. The van der Waals surface area contributed by atoms with Crippen molar-refractivity contribution in [2.75, 3.05) is 25.6 Å². The van der Waals surface area contributed by atoms with Crippen molar-refractivity contribution < 1.29 is 28.3 Å². The molecule has 1 heterocycles. The van der Waals surface area contributed by atoms with E-state index in [0.29, 0.717) is 24.0 Å². The highest BCUT2D eigenvalue weighted by Gasteiger charge is 2.19. The Morgan fingerprint density at radius 1 is 1.16 bits per heavy atom. The molecule has 0 fully saturated rings. The average molecular weight is 348 g/mol. The molecule has 0 aliphatic carbocycles. The first kappa shape index (κ1) is 18.5. The standard InChI is InChI=1S/C17H20N2O6/c1-23-14(21)7-4-9-24-10-8-13(20)19-15-11-5-2-3-6-12(11)25-16(15)17(18)22/h2-3,5-6H,4,7-10H2,1H3,(H2,18,22)(H,19,20). The molecule has 1 aromatic heterocycles. The maximum atomic E-state index is 12.1. The quantitative estimate of drug-likeness (QED) is 0.527. The van der Waals surface area contributed by atoms with Gasteiger partial charge in [-0.2, -0.15) is 0 Å². The number of fused-ring (bicyclic) bond motifs is 1. The number of benzene rings is 1. The maximum Gasteiger partial charge on any atom is 0.305 e. The molecule has 2 rings (SSSR count). The second-order valence-corrected chi connectivity index (χ2v) is 5.26. The SMILES string of the molecule is COC(=O)CCCOCCC(=O)Nc1c(C(N)=O)oc2ccccc12. The Hall–Kier alpha value is -2.87. The lowest BCUT2D eigenvalue weighted by Gasteiger charge is -2.06. The number of primary amides is 1. The lowest BCUT2D eigenvalue weighted by molar-refractivity contribution is -0.141. The Bertz CT molecular complexity index is 768. The fraction of sp³-hybridized carbons (Fsp3) is 0.353. The van der Waals surface area contributed by atoms with Crippen LogP contribution in [-0.4, -0.2) is 38.1 Å². The minimum Gasteiger partial charge on any atom is -0.469 e. The van der Waals surface area contributed by atoms with Crippen LogP contribution in [0.15, 0.2) is 28.7 Å². The van der Waals surface area contributed by atoms with E-state index in [1.807, 2.05) is 0 Å². The van der Waals surface area contributed by atoms with Gasteiger partial charge in [-0.15, -0.1) is 0 Å². The van der Waals surface area contributed by atoms with Crippen LogP contribution in [0.5, 0.6) is 0 Å². The summed E-state index contributed by atoms with van der Waals surface area (Å²) in [6.45, 7) is 0.540. The van der Waals surface area contributed by atoms with Crippen LogP contribution in [0.3, 0.4) is 0 Å². The summed E-state index contributed by atoms with van der Waals surface area (Å²) in [6.07, 6.45) is 0.883. The van der Waals surface area contributed by atoms with E-state index < -0.39 is 5.91 Å². The van der Waals surface area contributed by atoms with Gasteiger partial charge >= 0.3 is 5.97 Å². The minimum atomic E-state index is -0.759. The zero-order valence-electron chi connectivity index (χ0n) is 13.9. The van der Waals surface area contributed by atoms with E-state index in [9.17, 15) is 14.4 Å². The van der Waals surface area contributed by atoms with E-state index in [1.54, 1.807) is 24.3 Å². The number of furan rings is 1. The highest BCUT2D eigenvalue weighted by Crippen LogP contribution is 2.30. The number of ether oxygens (including phenoxy) is 2. The molecule has 0 saturated heterocycles. The molecule has 1 aromatic carbocycles. The van der Waals surface area contributed by atoms with Crippen molar-refractivity contribution in [1.82, 2.24) is 0 Å². The van der Waals surface area contributed by atoms with Crippen LogP contribution in [-0.2, 0) is 19.1 Å². The Morgan fingerprint density at radius 3 is 2.64 bits per heavy atom. The van der Waals surface area contributed by atoms with E-state index in [0.717, 1.165) is 0 Å². The van der Waals surface area contributed by atoms with Crippen molar-refractivity contribution in [3.63, 3.8) is 0 Å². The zero-order chi connectivity index (χ0) is 18.2. The van der Waals surface area contributed by atoms with E-state index in [2.05, 4.69) is 10.1 Å². The summed E-state index contributed by atoms with van der Waals surface area (Å²) in [5.41, 5.74) is 6.02. The van der Waals surface area contributed by atoms with Crippen LogP contribution in [0.1, 0.15) is 29.8 Å². The zero-order valence-corrected chi connectivity index (χ0v) is 13.9. The number of esters is 1. The average Bonchev–Trinajstić information content (AvgIpc) is 2.96. The molecule has 8 heteroatoms. The van der Waals surface area contributed by atoms with Crippen molar-refractivity contribution in [3.05, 3.63) is 30.0 Å². The molecule has 0 aliphatic heterocycles. The number of anilines is 1. The summed E-state index contributed by atoms with van der Waals surface area (Å²) in [7, 11) is 1.33. The lowest BCUT2D eigenvalue weighted by atomic mass is 10.2. The fourth-order valence-corrected chi connectivity index (χ4v) is 2.23. The Labute approximate surface area is 144 Å². The summed E-state index contributed by atoms with van der Waals surface area (Å²) in [6, 6.07) is 6.93. The van der Waals surface area contributed by atoms with Gasteiger partial charge in [0.25, 0.3) is 5.91 Å². The van der Waals surface area contributed by atoms with Crippen LogP contribution in [0.2, 0.25) is 0 Å². The third-order valence-electron chi connectivity index (χ3n) is 3.45. The molecule has 0 saturated carbocycles. The number of para-hydroxylation sites is 1. The smallest absolute Gasteiger partial charge is 0.305 e. The molecule has 0 bridgehead atoms. The normalized spacial score (nSPS) is 10.6. The molecule has 0 aliphatic rings. The van der Waals surface area contributed by atoms with E-state index in [4.69, 9.17) is 14.9 Å². The maximum absolute atomic E-state index is 12.1. The molecule has 3 N–H and O–H groups in total.